The lowest BCUT2D eigenvalue weighted by Crippen LogP contribution is -2.15. The fourth-order valence-electron chi connectivity index (χ4n) is 0.303. The highest BCUT2D eigenvalue weighted by molar-refractivity contribution is 4.63. The first kappa shape index (κ1) is 8.40. The van der Waals surface area contributed by atoms with E-state index in [1.807, 2.05) is 20.8 Å². The minimum Gasteiger partial charge on any atom is -0.364 e. The Labute approximate surface area is 55.3 Å². The van der Waals surface area contributed by atoms with Gasteiger partial charge in [-0.05, 0) is 6.42 Å². The molecule has 0 radical (unpaired) electrons. The lowest BCUT2D eigenvalue weighted by Gasteiger charge is -2.18. The summed E-state index contributed by atoms with van der Waals surface area (Å²) in [5.74, 6) is 0. The molecule has 0 atom stereocenters. The van der Waals surface area contributed by atoms with E-state index in [4.69, 9.17) is 0 Å². The van der Waals surface area contributed by atoms with Crippen LogP contribution in [-0.2, 0) is 4.84 Å². The molecule has 0 rings (SSSR count). The van der Waals surface area contributed by atoms with Crippen molar-refractivity contribution in [1.29, 1.82) is 0 Å². The molecule has 0 unspecified atom stereocenters. The quantitative estimate of drug-likeness (QED) is 0.433. The molecule has 3 heteroatoms. The van der Waals surface area contributed by atoms with E-state index in [2.05, 4.69) is 10.2 Å². The third kappa shape index (κ3) is 3.94. The van der Waals surface area contributed by atoms with Crippen molar-refractivity contribution in [3.63, 3.8) is 0 Å². The second-order valence-electron chi connectivity index (χ2n) is 2.87. The molecule has 0 saturated heterocycles. The zero-order valence-corrected chi connectivity index (χ0v) is 6.18. The van der Waals surface area contributed by atoms with Crippen LogP contribution in [-0.4, -0.2) is 6.61 Å². The van der Waals surface area contributed by atoms with Crippen molar-refractivity contribution >= 4 is 0 Å². The van der Waals surface area contributed by atoms with Crippen molar-refractivity contribution in [2.75, 3.05) is 6.61 Å². The van der Waals surface area contributed by atoms with Gasteiger partial charge in [-0.3, -0.25) is 0 Å². The second-order valence-corrected chi connectivity index (χ2v) is 2.87. The van der Waals surface area contributed by atoms with Gasteiger partial charge in [0.2, 0.25) is 0 Å². The van der Waals surface area contributed by atoms with Crippen molar-refractivity contribution < 1.29 is 4.84 Å². The van der Waals surface area contributed by atoms with Crippen molar-refractivity contribution in [3.8, 4) is 0 Å². The summed E-state index contributed by atoms with van der Waals surface area (Å²) in [5.41, 5.74) is 0.0773. The molecular weight excluding hydrogens is 118 g/mol. The predicted octanol–water partition coefficient (Wildman–Crippen LogP) is 2.12. The van der Waals surface area contributed by atoms with Gasteiger partial charge in [0.05, 0.1) is 0 Å². The van der Waals surface area contributed by atoms with E-state index >= 15 is 0 Å². The molecule has 54 valence electrons. The largest absolute Gasteiger partial charge is 0.364 e. The van der Waals surface area contributed by atoms with Gasteiger partial charge in [-0.2, -0.15) is 0 Å². The SMILES string of the molecule is CCC(C)(C)CON=O. The molecule has 0 aliphatic heterocycles. The topological polar surface area (TPSA) is 38.7 Å². The highest BCUT2D eigenvalue weighted by atomic mass is 16.7. The van der Waals surface area contributed by atoms with Gasteiger partial charge < -0.3 is 4.84 Å². The third-order valence-electron chi connectivity index (χ3n) is 1.47. The zero-order valence-electron chi connectivity index (χ0n) is 6.18. The van der Waals surface area contributed by atoms with E-state index in [1.165, 1.54) is 0 Å². The number of rotatable bonds is 4. The minimum atomic E-state index is 0.0773. The Morgan fingerprint density at radius 2 is 2.11 bits per heavy atom. The molecule has 3 nitrogen and oxygen atoms in total. The summed E-state index contributed by atoms with van der Waals surface area (Å²) >= 11 is 0. The maximum Gasteiger partial charge on any atom is 0.155 e. The summed E-state index contributed by atoms with van der Waals surface area (Å²) in [4.78, 5) is 13.9. The van der Waals surface area contributed by atoms with E-state index in [-0.39, 0.29) is 5.41 Å². The van der Waals surface area contributed by atoms with E-state index in [0.717, 1.165) is 6.42 Å². The maximum atomic E-state index is 9.50. The molecule has 0 fully saturated rings. The van der Waals surface area contributed by atoms with Crippen LogP contribution in [0.3, 0.4) is 0 Å². The van der Waals surface area contributed by atoms with Crippen LogP contribution in [0.15, 0.2) is 5.34 Å². The van der Waals surface area contributed by atoms with E-state index in [0.29, 0.717) is 6.61 Å². The Morgan fingerprint density at radius 3 is 2.44 bits per heavy atom. The van der Waals surface area contributed by atoms with Crippen molar-refractivity contribution in [3.05, 3.63) is 4.91 Å². The van der Waals surface area contributed by atoms with Crippen LogP contribution in [0.4, 0.5) is 0 Å². The molecule has 9 heavy (non-hydrogen) atoms. The van der Waals surface area contributed by atoms with Gasteiger partial charge in [0, 0.05) is 5.41 Å². The minimum absolute atomic E-state index is 0.0773. The Morgan fingerprint density at radius 1 is 1.56 bits per heavy atom. The molecule has 0 saturated carbocycles. The van der Waals surface area contributed by atoms with Gasteiger partial charge in [-0.1, -0.05) is 20.8 Å². The van der Waals surface area contributed by atoms with Crippen LogP contribution >= 0.6 is 0 Å². The Balaban J connectivity index is 3.44. The monoisotopic (exact) mass is 131 g/mol. The van der Waals surface area contributed by atoms with Crippen molar-refractivity contribution in [2.45, 2.75) is 27.2 Å². The van der Waals surface area contributed by atoms with Gasteiger partial charge >= 0.3 is 0 Å². The van der Waals surface area contributed by atoms with Crippen LogP contribution in [0, 0.1) is 10.3 Å². The molecule has 0 heterocycles. The average molecular weight is 131 g/mol. The lowest BCUT2D eigenvalue weighted by atomic mass is 9.92. The van der Waals surface area contributed by atoms with Crippen molar-refractivity contribution in [2.24, 2.45) is 10.8 Å². The van der Waals surface area contributed by atoms with Crippen molar-refractivity contribution in [1.82, 2.24) is 0 Å². The summed E-state index contributed by atoms with van der Waals surface area (Å²) < 4.78 is 0. The average Bonchev–Trinajstić information content (AvgIpc) is 1.84. The normalized spacial score (nSPS) is 11.0. The smallest absolute Gasteiger partial charge is 0.155 e. The van der Waals surface area contributed by atoms with Gasteiger partial charge in [0.25, 0.3) is 0 Å². The van der Waals surface area contributed by atoms with E-state index in [9.17, 15) is 4.91 Å². The van der Waals surface area contributed by atoms with Gasteiger partial charge in [-0.15, -0.1) is 4.91 Å². The molecule has 0 aromatic rings. The summed E-state index contributed by atoms with van der Waals surface area (Å²) in [6, 6.07) is 0. The van der Waals surface area contributed by atoms with Gasteiger partial charge in [0.1, 0.15) is 6.61 Å². The molecule has 0 N–H and O–H groups in total. The number of nitrogens with zero attached hydrogens (tertiary/aromatic N) is 1. The highest BCUT2D eigenvalue weighted by Crippen LogP contribution is 2.19. The van der Waals surface area contributed by atoms with Crippen LogP contribution in [0.1, 0.15) is 27.2 Å². The first-order valence-corrected chi connectivity index (χ1v) is 3.07. The number of hydrogen-bond donors (Lipinski definition) is 0. The summed E-state index contributed by atoms with van der Waals surface area (Å²) in [7, 11) is 0. The summed E-state index contributed by atoms with van der Waals surface area (Å²) in [6.45, 7) is 6.51. The van der Waals surface area contributed by atoms with E-state index < -0.39 is 0 Å². The molecule has 0 aromatic carbocycles. The predicted molar refractivity (Wildman–Crippen MR) is 35.8 cm³/mol. The molecule has 0 aromatic heterocycles. The molecule has 0 spiro atoms. The van der Waals surface area contributed by atoms with Gasteiger partial charge in [-0.25, -0.2) is 0 Å². The molecule has 0 bridgehead atoms. The first-order chi connectivity index (χ1) is 4.12. The third-order valence-corrected chi connectivity index (χ3v) is 1.47. The zero-order chi connectivity index (χ0) is 7.33. The fraction of sp³-hybridized carbons (Fsp3) is 1.00. The molecule has 0 amide bonds. The second kappa shape index (κ2) is 3.43. The standard InChI is InChI=1S/C6H13NO2/c1-4-6(2,3)5-9-7-8/h4-5H2,1-3H3. The fourth-order valence-corrected chi connectivity index (χ4v) is 0.303. The van der Waals surface area contributed by atoms with E-state index in [1.54, 1.807) is 0 Å². The van der Waals surface area contributed by atoms with Crippen LogP contribution < -0.4 is 0 Å². The highest BCUT2D eigenvalue weighted by Gasteiger charge is 2.15. The summed E-state index contributed by atoms with van der Waals surface area (Å²) in [5, 5.41) is 2.32. The first-order valence-electron chi connectivity index (χ1n) is 3.07. The molecular formula is C6H13NO2. The summed E-state index contributed by atoms with van der Waals surface area (Å²) in [6.07, 6.45) is 0.989. The Bertz CT molecular complexity index is 91.1. The lowest BCUT2D eigenvalue weighted by molar-refractivity contribution is 0.0623. The van der Waals surface area contributed by atoms with Crippen LogP contribution in [0.2, 0.25) is 0 Å². The van der Waals surface area contributed by atoms with Crippen LogP contribution in [0.5, 0.6) is 0 Å². The maximum absolute atomic E-state index is 9.50. The Hall–Kier alpha value is -0.600. The van der Waals surface area contributed by atoms with Crippen LogP contribution in [0.25, 0.3) is 0 Å². The molecule has 0 aliphatic carbocycles. The number of hydrogen-bond acceptors (Lipinski definition) is 3. The Kier molecular flexibility index (Phi) is 3.20. The van der Waals surface area contributed by atoms with Gasteiger partial charge in [0.15, 0.2) is 5.34 Å². The molecule has 0 aliphatic rings.